The second-order valence-electron chi connectivity index (χ2n) is 7.13. The Balaban J connectivity index is 2.17. The lowest BCUT2D eigenvalue weighted by Gasteiger charge is -2.18. The number of Topliss-reactive ketones (excluding diaryl/α,β-unsaturated/α-hetero) is 1. The Hall–Kier alpha value is -3.27. The molecule has 2 atom stereocenters. The molecule has 0 radical (unpaired) electrons. The van der Waals surface area contributed by atoms with Crippen LogP contribution in [-0.4, -0.2) is 39.0 Å². The van der Waals surface area contributed by atoms with Gasteiger partial charge in [0.15, 0.2) is 0 Å². The molecular weight excluding hydrogens is 446 g/mol. The minimum Gasteiger partial charge on any atom is -0.481 e. The number of thioether (sulfide) groups is 1. The normalized spacial score (nSPS) is 12.6. The van der Waals surface area contributed by atoms with Gasteiger partial charge in [0.25, 0.3) is 0 Å². The highest BCUT2D eigenvalue weighted by molar-refractivity contribution is 8.13. The molecule has 170 valence electrons. The van der Waals surface area contributed by atoms with Crippen molar-refractivity contribution in [1.82, 2.24) is 0 Å². The maximum absolute atomic E-state index is 14.0. The molecule has 10 heteroatoms. The molecule has 2 N–H and O–H groups in total. The third kappa shape index (κ3) is 6.61. The Morgan fingerprint density at radius 2 is 1.75 bits per heavy atom. The number of carbonyl (C=O) groups excluding carboxylic acids is 2. The molecule has 0 aliphatic rings. The summed E-state index contributed by atoms with van der Waals surface area (Å²) in [5.41, 5.74) is -0.332. The molecule has 0 fully saturated rings. The molecule has 0 saturated heterocycles. The number of halogens is 2. The average molecular weight is 466 g/mol. The Morgan fingerprint density at radius 3 is 2.31 bits per heavy atom. The predicted octanol–water partition coefficient (Wildman–Crippen LogP) is 4.88. The molecule has 0 aliphatic heterocycles. The van der Waals surface area contributed by atoms with Gasteiger partial charge in [0, 0.05) is 23.8 Å². The minimum atomic E-state index is -1.44. The van der Waals surface area contributed by atoms with Crippen molar-refractivity contribution >= 4 is 34.8 Å². The van der Waals surface area contributed by atoms with Crippen LogP contribution in [0, 0.1) is 23.5 Å². The van der Waals surface area contributed by atoms with Crippen LogP contribution in [0.3, 0.4) is 0 Å². The molecule has 0 aliphatic carbocycles. The molecule has 0 saturated carbocycles. The summed E-state index contributed by atoms with van der Waals surface area (Å²) in [4.78, 5) is 46.5. The van der Waals surface area contributed by atoms with Crippen molar-refractivity contribution in [2.24, 2.45) is 11.8 Å². The number of carboxylic acids is 2. The number of rotatable bonds is 9. The van der Waals surface area contributed by atoms with Crippen LogP contribution >= 0.6 is 11.8 Å². The van der Waals surface area contributed by atoms with E-state index in [4.69, 9.17) is 4.74 Å². The van der Waals surface area contributed by atoms with Gasteiger partial charge in [-0.2, -0.15) is 0 Å². The number of carbonyl (C=O) groups is 4. The van der Waals surface area contributed by atoms with Gasteiger partial charge >= 0.3 is 17.2 Å². The van der Waals surface area contributed by atoms with E-state index in [1.54, 1.807) is 6.92 Å². The Labute approximate surface area is 186 Å². The molecule has 0 spiro atoms. The summed E-state index contributed by atoms with van der Waals surface area (Å²) in [6.07, 6.45) is 0.0388. The summed E-state index contributed by atoms with van der Waals surface area (Å²) in [6, 6.07) is 6.39. The van der Waals surface area contributed by atoms with Gasteiger partial charge in [0.1, 0.15) is 28.7 Å². The summed E-state index contributed by atoms with van der Waals surface area (Å²) < 4.78 is 32.2. The summed E-state index contributed by atoms with van der Waals surface area (Å²) in [5.74, 6) is -6.46. The molecule has 0 bridgehead atoms. The zero-order chi connectivity index (χ0) is 24.0. The predicted molar refractivity (Wildman–Crippen MR) is 113 cm³/mol. The van der Waals surface area contributed by atoms with Crippen molar-refractivity contribution in [3.05, 3.63) is 53.6 Å². The van der Waals surface area contributed by atoms with Crippen LogP contribution in [-0.2, 0) is 9.59 Å². The molecule has 0 amide bonds. The standard InChI is InChI=1S/C22H20F2O7S/c1-11(7-12(2)25)17(21(28)29)10-32-22(30)31-19-6-3-13(8-16(19)20(26)27)15-5-4-14(23)9-18(15)24/h3-6,8-9,11,17H,7,10H2,1-2H3,(H,26,27)(H,28,29). The van der Waals surface area contributed by atoms with Crippen molar-refractivity contribution in [2.75, 3.05) is 5.75 Å². The maximum atomic E-state index is 14.0. The Kier molecular flexibility index (Phi) is 8.48. The van der Waals surface area contributed by atoms with E-state index < -0.39 is 46.3 Å². The molecule has 0 aromatic heterocycles. The van der Waals surface area contributed by atoms with Crippen molar-refractivity contribution in [3.8, 4) is 16.9 Å². The van der Waals surface area contributed by atoms with Gasteiger partial charge < -0.3 is 19.7 Å². The van der Waals surface area contributed by atoms with Crippen LogP contribution < -0.4 is 4.74 Å². The van der Waals surface area contributed by atoms with Crippen molar-refractivity contribution < 1.29 is 42.9 Å². The first-order valence-electron chi connectivity index (χ1n) is 9.39. The summed E-state index contributed by atoms with van der Waals surface area (Å²) in [7, 11) is 0. The van der Waals surface area contributed by atoms with Gasteiger partial charge in [-0.1, -0.05) is 13.0 Å². The maximum Gasteiger partial charge on any atom is 0.372 e. The molecule has 2 aromatic rings. The van der Waals surface area contributed by atoms with E-state index in [1.807, 2.05) is 0 Å². The molecule has 2 aromatic carbocycles. The second-order valence-corrected chi connectivity index (χ2v) is 8.09. The minimum absolute atomic E-state index is 0.0371. The molecular formula is C22H20F2O7S. The summed E-state index contributed by atoms with van der Waals surface area (Å²) in [5, 5.41) is 17.9. The highest BCUT2D eigenvalue weighted by atomic mass is 32.2. The van der Waals surface area contributed by atoms with Crippen LogP contribution in [0.4, 0.5) is 13.6 Å². The van der Waals surface area contributed by atoms with Gasteiger partial charge in [-0.05, 0) is 54.4 Å². The fourth-order valence-electron chi connectivity index (χ4n) is 3.03. The summed E-state index contributed by atoms with van der Waals surface area (Å²) in [6.45, 7) is 2.92. The highest BCUT2D eigenvalue weighted by Crippen LogP contribution is 2.30. The average Bonchev–Trinajstić information content (AvgIpc) is 2.67. The second kappa shape index (κ2) is 10.9. The van der Waals surface area contributed by atoms with Crippen LogP contribution in [0.25, 0.3) is 11.1 Å². The largest absolute Gasteiger partial charge is 0.481 e. The first-order valence-corrected chi connectivity index (χ1v) is 10.4. The number of benzene rings is 2. The monoisotopic (exact) mass is 466 g/mol. The number of hydrogen-bond donors (Lipinski definition) is 2. The van der Waals surface area contributed by atoms with E-state index in [-0.39, 0.29) is 34.8 Å². The Bertz CT molecular complexity index is 1050. The van der Waals surface area contributed by atoms with Crippen molar-refractivity contribution in [3.63, 3.8) is 0 Å². The smallest absolute Gasteiger partial charge is 0.372 e. The van der Waals surface area contributed by atoms with E-state index >= 15 is 0 Å². The fraction of sp³-hybridized carbons (Fsp3) is 0.273. The van der Waals surface area contributed by atoms with Gasteiger partial charge in [-0.3, -0.25) is 4.79 Å². The van der Waals surface area contributed by atoms with Crippen LogP contribution in [0.5, 0.6) is 5.75 Å². The van der Waals surface area contributed by atoms with Crippen LogP contribution in [0.2, 0.25) is 0 Å². The van der Waals surface area contributed by atoms with Crippen molar-refractivity contribution in [1.29, 1.82) is 0 Å². The van der Waals surface area contributed by atoms with Crippen LogP contribution in [0.1, 0.15) is 30.6 Å². The first-order chi connectivity index (χ1) is 15.0. The topological polar surface area (TPSA) is 118 Å². The zero-order valence-corrected chi connectivity index (χ0v) is 17.9. The summed E-state index contributed by atoms with van der Waals surface area (Å²) >= 11 is 0.540. The third-order valence-electron chi connectivity index (χ3n) is 4.64. The number of hydrogen-bond acceptors (Lipinski definition) is 6. The quantitative estimate of drug-likeness (QED) is 0.502. The number of ketones is 1. The van der Waals surface area contributed by atoms with E-state index in [0.717, 1.165) is 24.3 Å². The van der Waals surface area contributed by atoms with Gasteiger partial charge in [0.2, 0.25) is 0 Å². The van der Waals surface area contributed by atoms with E-state index in [2.05, 4.69) is 0 Å². The Morgan fingerprint density at radius 1 is 1.06 bits per heavy atom. The molecule has 7 nitrogen and oxygen atoms in total. The lowest BCUT2D eigenvalue weighted by Crippen LogP contribution is -2.26. The van der Waals surface area contributed by atoms with Gasteiger partial charge in [-0.25, -0.2) is 18.4 Å². The first kappa shape index (κ1) is 25.0. The van der Waals surface area contributed by atoms with E-state index in [1.165, 1.54) is 13.0 Å². The molecule has 32 heavy (non-hydrogen) atoms. The van der Waals surface area contributed by atoms with E-state index in [0.29, 0.717) is 17.8 Å². The lowest BCUT2D eigenvalue weighted by molar-refractivity contribution is -0.142. The SMILES string of the molecule is CC(=O)CC(C)C(CSC(=O)Oc1ccc(-c2ccc(F)cc2F)cc1C(=O)O)C(=O)O. The zero-order valence-electron chi connectivity index (χ0n) is 17.1. The lowest BCUT2D eigenvalue weighted by atomic mass is 9.91. The number of carboxylic acid groups (broad SMARTS) is 2. The van der Waals surface area contributed by atoms with Crippen LogP contribution in [0.15, 0.2) is 36.4 Å². The van der Waals surface area contributed by atoms with Gasteiger partial charge in [0.05, 0.1) is 5.92 Å². The number of aromatic carboxylic acids is 1. The fourth-order valence-corrected chi connectivity index (χ4v) is 3.96. The molecule has 0 heterocycles. The van der Waals surface area contributed by atoms with E-state index in [9.17, 15) is 38.2 Å². The number of ether oxygens (including phenoxy) is 1. The molecule has 2 unspecified atom stereocenters. The highest BCUT2D eigenvalue weighted by Gasteiger charge is 2.27. The molecule has 2 rings (SSSR count). The third-order valence-corrected chi connectivity index (χ3v) is 5.48. The number of aliphatic carboxylic acids is 1. The van der Waals surface area contributed by atoms with Gasteiger partial charge in [-0.15, -0.1) is 0 Å². The van der Waals surface area contributed by atoms with Crippen molar-refractivity contribution in [2.45, 2.75) is 20.3 Å².